The van der Waals surface area contributed by atoms with Gasteiger partial charge in [0, 0.05) is 45.3 Å². The summed E-state index contributed by atoms with van der Waals surface area (Å²) in [7, 11) is 0. The van der Waals surface area contributed by atoms with Crippen LogP contribution in [0.2, 0.25) is 0 Å². The van der Waals surface area contributed by atoms with Crippen LogP contribution in [0.1, 0.15) is 121 Å². The van der Waals surface area contributed by atoms with Crippen molar-refractivity contribution in [2.45, 2.75) is 183 Å². The second-order valence-corrected chi connectivity index (χ2v) is 25.1. The highest BCUT2D eigenvalue weighted by Crippen LogP contribution is 2.24. The number of amides is 13. The molecule has 2 aliphatic rings. The molecule has 32 heteroatoms. The molecule has 10 atom stereocenters. The molecule has 2 aromatic rings. The molecule has 0 spiro atoms. The summed E-state index contributed by atoms with van der Waals surface area (Å²) in [6, 6.07) is 4.51. The Kier molecular flexibility index (Phi) is 33.9. The summed E-state index contributed by atoms with van der Waals surface area (Å²) in [5.74, 6) is -9.80. The number of thioether (sulfide) groups is 1. The molecule has 31 nitrogen and oxygen atoms in total. The van der Waals surface area contributed by atoms with E-state index in [0.29, 0.717) is 55.4 Å². The molecule has 0 bridgehead atoms. The van der Waals surface area contributed by atoms with Gasteiger partial charge in [0.1, 0.15) is 54.4 Å². The summed E-state index contributed by atoms with van der Waals surface area (Å²) in [5, 5.41) is 21.1. The monoisotopic (exact) mass is 1350 g/mol. The number of nitrogens with zero attached hydrogens (tertiary/aromatic N) is 3. The zero-order valence-electron chi connectivity index (χ0n) is 54.5. The first-order valence-electron chi connectivity index (χ1n) is 32.2. The normalized spacial score (nSPS) is 16.8. The predicted octanol–water partition coefficient (Wildman–Crippen LogP) is -3.71. The Morgan fingerprint density at radius 3 is 1.51 bits per heavy atom. The van der Waals surface area contributed by atoms with Gasteiger partial charge in [-0.15, -0.1) is 0 Å². The van der Waals surface area contributed by atoms with E-state index in [9.17, 15) is 62.3 Å². The van der Waals surface area contributed by atoms with Crippen molar-refractivity contribution in [2.75, 3.05) is 44.7 Å². The molecule has 2 fully saturated rings. The van der Waals surface area contributed by atoms with Gasteiger partial charge in [0.15, 0.2) is 5.96 Å². The minimum Gasteiger partial charge on any atom is -0.370 e. The van der Waals surface area contributed by atoms with E-state index in [1.807, 2.05) is 20.1 Å². The Morgan fingerprint density at radius 1 is 0.537 bits per heavy atom. The van der Waals surface area contributed by atoms with E-state index in [0.717, 1.165) is 0 Å². The zero-order valence-corrected chi connectivity index (χ0v) is 55.3. The van der Waals surface area contributed by atoms with E-state index in [1.165, 1.54) is 21.6 Å². The van der Waals surface area contributed by atoms with Gasteiger partial charge in [-0.1, -0.05) is 74.5 Å². The fraction of sp³-hybridized carbons (Fsp3) is 0.587. The second-order valence-electron chi connectivity index (χ2n) is 24.1. The van der Waals surface area contributed by atoms with Gasteiger partial charge in [-0.2, -0.15) is 11.8 Å². The van der Waals surface area contributed by atoms with Crippen molar-refractivity contribution < 1.29 is 62.3 Å². The summed E-state index contributed by atoms with van der Waals surface area (Å²) in [6.07, 6.45) is 3.12. The predicted molar refractivity (Wildman–Crippen MR) is 356 cm³/mol. The molecule has 0 unspecified atom stereocenters. The standard InChI is InChI=1S/C63H98N18O13S/c1-37(2)33-45(57(89)74-41(53(68)85)27-32-95-3)73-52(84)36-72-54(86)46(34-38-15-6-4-7-16-38)78-58(90)47(35-39-17-8-5-9-18-39)79-56(88)42(23-25-50(66)82)75-55(87)43(24-26-51(67)83)76-59(91)49-22-14-31-81(49)62(94)44(20-10-11-28-64)77-60(92)48-21-13-30-80(48)61(93)40(65)19-12-29-71-63(69)70/h4-9,15-18,37,40-49H,10-14,19-36,64-65H2,1-3H3,(H2,66,82)(H2,67,83)(H2,68,85)(H,72,86)(H,73,84)(H,74,89)(H,75,87)(H,76,91)(H,77,92)(H,78,90)(H,79,88)(H4,69,70,71)/t40-,41+,42-,43+,44-,45-,46-,47-,48-,49-/m1/s1. The Morgan fingerprint density at radius 2 is 1.01 bits per heavy atom. The van der Waals surface area contributed by atoms with Crippen LogP contribution in [0.3, 0.4) is 0 Å². The third-order valence-corrected chi connectivity index (χ3v) is 16.7. The Labute approximate surface area is 558 Å². The number of aliphatic imine (C=N–C) groups is 1. The molecule has 13 amide bonds. The Hall–Kier alpha value is -8.91. The highest BCUT2D eigenvalue weighted by molar-refractivity contribution is 7.98. The number of carbonyl (C=O) groups excluding carboxylic acids is 13. The SMILES string of the molecule is CSCC[C@H](NC(=O)[C@@H](CC(C)C)NC(=O)CNC(=O)[C@@H](Cc1ccccc1)NC(=O)[C@@H](Cc1ccccc1)NC(=O)[C@@H](CCC(N)=O)NC(=O)[C@H](CCC(N)=O)NC(=O)[C@H]1CCCN1C(=O)[C@@H](CCCCN)NC(=O)[C@H]1CCCN1C(=O)[C@H](N)CCCN=C(N)N)C(N)=O. The zero-order chi connectivity index (χ0) is 70.1. The van der Waals surface area contributed by atoms with E-state index in [-0.39, 0.29) is 83.0 Å². The van der Waals surface area contributed by atoms with E-state index in [1.54, 1.807) is 60.7 Å². The third kappa shape index (κ3) is 27.5. The first kappa shape index (κ1) is 78.5. The second kappa shape index (κ2) is 41.0. The Balaban J connectivity index is 1.56. The Bertz CT molecular complexity index is 2960. The summed E-state index contributed by atoms with van der Waals surface area (Å²) in [6.45, 7) is 3.86. The topological polar surface area (TPSA) is 519 Å². The van der Waals surface area contributed by atoms with Gasteiger partial charge in [-0.25, -0.2) is 0 Å². The van der Waals surface area contributed by atoms with Crippen molar-refractivity contribution in [3.05, 3.63) is 71.8 Å². The average molecular weight is 1350 g/mol. The number of primary amides is 3. The smallest absolute Gasteiger partial charge is 0.245 e. The van der Waals surface area contributed by atoms with Crippen LogP contribution in [-0.4, -0.2) is 198 Å². The maximum Gasteiger partial charge on any atom is 0.245 e. The van der Waals surface area contributed by atoms with E-state index >= 15 is 0 Å². The largest absolute Gasteiger partial charge is 0.370 e. The van der Waals surface area contributed by atoms with E-state index in [4.69, 9.17) is 40.1 Å². The van der Waals surface area contributed by atoms with Gasteiger partial charge in [-0.3, -0.25) is 67.3 Å². The fourth-order valence-electron chi connectivity index (χ4n) is 11.0. The van der Waals surface area contributed by atoms with Crippen LogP contribution in [0.5, 0.6) is 0 Å². The van der Waals surface area contributed by atoms with Crippen molar-refractivity contribution in [2.24, 2.45) is 51.0 Å². The number of carbonyl (C=O) groups is 13. The number of hydrogen-bond acceptors (Lipinski definition) is 17. The quantitative estimate of drug-likeness (QED) is 0.0173. The molecule has 524 valence electrons. The number of benzene rings is 2. The fourth-order valence-corrected chi connectivity index (χ4v) is 11.5. The number of rotatable bonds is 42. The lowest BCUT2D eigenvalue weighted by Crippen LogP contribution is -2.60. The van der Waals surface area contributed by atoms with Crippen molar-refractivity contribution >= 4 is 94.5 Å². The van der Waals surface area contributed by atoms with Crippen molar-refractivity contribution in [3.8, 4) is 0 Å². The van der Waals surface area contributed by atoms with Gasteiger partial charge in [0.25, 0.3) is 0 Å². The van der Waals surface area contributed by atoms with Crippen LogP contribution in [0.15, 0.2) is 65.7 Å². The number of likely N-dealkylation sites (tertiary alicyclic amines) is 2. The summed E-state index contributed by atoms with van der Waals surface area (Å²) in [4.78, 5) is 185. The average Bonchev–Trinajstić information content (AvgIpc) is 1.74. The molecule has 22 N–H and O–H groups in total. The summed E-state index contributed by atoms with van der Waals surface area (Å²) >= 11 is 1.45. The van der Waals surface area contributed by atoms with Gasteiger partial charge in [-0.05, 0) is 119 Å². The first-order chi connectivity index (χ1) is 45.2. The van der Waals surface area contributed by atoms with Crippen LogP contribution in [0.25, 0.3) is 0 Å². The van der Waals surface area contributed by atoms with Gasteiger partial charge < -0.3 is 92.5 Å². The van der Waals surface area contributed by atoms with Crippen LogP contribution in [0.4, 0.5) is 0 Å². The number of hydrogen-bond donors (Lipinski definition) is 15. The minimum absolute atomic E-state index is 0.0736. The molecule has 2 aliphatic heterocycles. The molecular formula is C63H98N18O13S. The molecule has 2 aromatic carbocycles. The maximum atomic E-state index is 14.7. The van der Waals surface area contributed by atoms with Crippen LogP contribution >= 0.6 is 11.8 Å². The number of guanidine groups is 1. The molecule has 0 aromatic heterocycles. The third-order valence-electron chi connectivity index (χ3n) is 16.0. The molecule has 0 saturated carbocycles. The first-order valence-corrected chi connectivity index (χ1v) is 33.6. The van der Waals surface area contributed by atoms with E-state index in [2.05, 4.69) is 47.5 Å². The van der Waals surface area contributed by atoms with Crippen LogP contribution in [-0.2, 0) is 75.2 Å². The van der Waals surface area contributed by atoms with Gasteiger partial charge in [0.2, 0.25) is 76.8 Å². The maximum absolute atomic E-state index is 14.7. The number of nitrogens with one attached hydrogen (secondary N) is 8. The van der Waals surface area contributed by atoms with Crippen LogP contribution < -0.4 is 82.7 Å². The summed E-state index contributed by atoms with van der Waals surface area (Å²) < 4.78 is 0. The van der Waals surface area contributed by atoms with Crippen molar-refractivity contribution in [1.29, 1.82) is 0 Å². The lowest BCUT2D eigenvalue weighted by atomic mass is 10.0. The van der Waals surface area contributed by atoms with Crippen molar-refractivity contribution in [1.82, 2.24) is 52.3 Å². The molecule has 2 saturated heterocycles. The number of nitrogens with two attached hydrogens (primary N) is 7. The molecule has 0 radical (unpaired) electrons. The number of unbranched alkanes of at least 4 members (excludes halogenated alkanes) is 1. The van der Waals surface area contributed by atoms with Gasteiger partial charge in [0.05, 0.1) is 12.6 Å². The molecular weight excluding hydrogens is 1250 g/mol. The van der Waals surface area contributed by atoms with Crippen LogP contribution in [0, 0.1) is 5.92 Å². The van der Waals surface area contributed by atoms with Gasteiger partial charge >= 0.3 is 0 Å². The molecule has 2 heterocycles. The molecule has 95 heavy (non-hydrogen) atoms. The lowest BCUT2D eigenvalue weighted by Gasteiger charge is -2.32. The highest BCUT2D eigenvalue weighted by atomic mass is 32.2. The highest BCUT2D eigenvalue weighted by Gasteiger charge is 2.42. The molecule has 0 aliphatic carbocycles. The lowest BCUT2D eigenvalue weighted by molar-refractivity contribution is -0.144. The minimum atomic E-state index is -1.64. The molecule has 4 rings (SSSR count). The van der Waals surface area contributed by atoms with Crippen molar-refractivity contribution in [3.63, 3.8) is 0 Å². The summed E-state index contributed by atoms with van der Waals surface area (Å²) in [5.41, 5.74) is 40.6. The van der Waals surface area contributed by atoms with E-state index < -0.39 is 169 Å².